The zero-order valence-electron chi connectivity index (χ0n) is 13.9. The predicted molar refractivity (Wildman–Crippen MR) is 82.5 cm³/mol. The molecule has 1 rings (SSSR count). The van der Waals surface area contributed by atoms with Gasteiger partial charge in [-0.25, -0.2) is 4.79 Å². The number of ether oxygens (including phenoxy) is 3. The van der Waals surface area contributed by atoms with Crippen LogP contribution >= 0.6 is 0 Å². The van der Waals surface area contributed by atoms with Crippen molar-refractivity contribution in [2.24, 2.45) is 5.92 Å². The van der Waals surface area contributed by atoms with Crippen molar-refractivity contribution in [2.45, 2.75) is 38.9 Å². The molecule has 7 nitrogen and oxygen atoms in total. The number of carbonyl (C=O) groups excluding carboxylic acids is 3. The summed E-state index contributed by atoms with van der Waals surface area (Å²) < 4.78 is 15.0. The molecule has 2 atom stereocenters. The Morgan fingerprint density at radius 3 is 2.35 bits per heavy atom. The van der Waals surface area contributed by atoms with Crippen molar-refractivity contribution in [1.82, 2.24) is 4.90 Å². The maximum absolute atomic E-state index is 12.3. The molecule has 1 aliphatic rings. The van der Waals surface area contributed by atoms with E-state index in [0.717, 1.165) is 0 Å². The minimum atomic E-state index is -0.882. The first-order chi connectivity index (χ1) is 10.9. The second-order valence-corrected chi connectivity index (χ2v) is 5.47. The lowest BCUT2D eigenvalue weighted by molar-refractivity contribution is -0.168. The Bertz CT molecular complexity index is 442. The van der Waals surface area contributed by atoms with Crippen molar-refractivity contribution < 1.29 is 28.6 Å². The number of piperidine rings is 1. The van der Waals surface area contributed by atoms with E-state index in [-0.39, 0.29) is 24.4 Å². The summed E-state index contributed by atoms with van der Waals surface area (Å²) in [7, 11) is 1.36. The summed E-state index contributed by atoms with van der Waals surface area (Å²) in [5.74, 6) is -1.27. The molecule has 1 saturated heterocycles. The fourth-order valence-electron chi connectivity index (χ4n) is 2.36. The number of carbonyl (C=O) groups is 3. The van der Waals surface area contributed by atoms with E-state index in [4.69, 9.17) is 14.2 Å². The summed E-state index contributed by atoms with van der Waals surface area (Å²) in [5.41, 5.74) is 0. The SMILES string of the molecule is C=CCOC(C)C(=O)OC(C)C(=O)N1CCC(C(=O)OC)CC1. The number of rotatable bonds is 7. The van der Waals surface area contributed by atoms with Gasteiger partial charge in [0.15, 0.2) is 12.2 Å². The molecule has 130 valence electrons. The highest BCUT2D eigenvalue weighted by Gasteiger charge is 2.31. The third kappa shape index (κ3) is 5.67. The maximum Gasteiger partial charge on any atom is 0.335 e. The monoisotopic (exact) mass is 327 g/mol. The van der Waals surface area contributed by atoms with Gasteiger partial charge in [-0.05, 0) is 26.7 Å². The quantitative estimate of drug-likeness (QED) is 0.511. The summed E-state index contributed by atoms with van der Waals surface area (Å²) in [4.78, 5) is 37.2. The van der Waals surface area contributed by atoms with Gasteiger partial charge in [-0.15, -0.1) is 6.58 Å². The van der Waals surface area contributed by atoms with Crippen LogP contribution in [0.15, 0.2) is 12.7 Å². The number of likely N-dealkylation sites (tertiary alicyclic amines) is 1. The van der Waals surface area contributed by atoms with Crippen LogP contribution in [0.25, 0.3) is 0 Å². The first kappa shape index (κ1) is 19.2. The van der Waals surface area contributed by atoms with Crippen molar-refractivity contribution >= 4 is 17.8 Å². The fourth-order valence-corrected chi connectivity index (χ4v) is 2.36. The van der Waals surface area contributed by atoms with Crippen LogP contribution in [0, 0.1) is 5.92 Å². The highest BCUT2D eigenvalue weighted by atomic mass is 16.6. The van der Waals surface area contributed by atoms with E-state index < -0.39 is 18.2 Å². The van der Waals surface area contributed by atoms with Crippen molar-refractivity contribution in [2.75, 3.05) is 26.8 Å². The van der Waals surface area contributed by atoms with Crippen LogP contribution < -0.4 is 0 Å². The van der Waals surface area contributed by atoms with Gasteiger partial charge in [0.2, 0.25) is 0 Å². The van der Waals surface area contributed by atoms with Gasteiger partial charge < -0.3 is 19.1 Å². The molecule has 0 aliphatic carbocycles. The lowest BCUT2D eigenvalue weighted by Gasteiger charge is -2.32. The molecule has 1 heterocycles. The molecule has 0 bridgehead atoms. The number of methoxy groups -OCH3 is 1. The van der Waals surface area contributed by atoms with E-state index in [1.165, 1.54) is 20.1 Å². The zero-order chi connectivity index (χ0) is 17.4. The Labute approximate surface area is 136 Å². The summed E-state index contributed by atoms with van der Waals surface area (Å²) in [6, 6.07) is 0. The molecule has 0 aromatic heterocycles. The van der Waals surface area contributed by atoms with Crippen LogP contribution in [0.3, 0.4) is 0 Å². The minimum Gasteiger partial charge on any atom is -0.469 e. The van der Waals surface area contributed by atoms with Crippen molar-refractivity contribution in [1.29, 1.82) is 0 Å². The van der Waals surface area contributed by atoms with E-state index in [0.29, 0.717) is 25.9 Å². The number of nitrogens with zero attached hydrogens (tertiary/aromatic N) is 1. The molecule has 1 aliphatic heterocycles. The number of hydrogen-bond donors (Lipinski definition) is 0. The molecule has 2 unspecified atom stereocenters. The third-order valence-electron chi connectivity index (χ3n) is 3.78. The van der Waals surface area contributed by atoms with E-state index >= 15 is 0 Å². The Morgan fingerprint density at radius 1 is 1.22 bits per heavy atom. The van der Waals surface area contributed by atoms with Gasteiger partial charge in [-0.2, -0.15) is 0 Å². The second-order valence-electron chi connectivity index (χ2n) is 5.47. The molecule has 1 amide bonds. The van der Waals surface area contributed by atoms with Gasteiger partial charge in [-0.3, -0.25) is 9.59 Å². The lowest BCUT2D eigenvalue weighted by Crippen LogP contribution is -2.46. The van der Waals surface area contributed by atoms with Crippen molar-refractivity contribution in [3.8, 4) is 0 Å². The summed E-state index contributed by atoms with van der Waals surface area (Å²) in [5, 5.41) is 0. The highest BCUT2D eigenvalue weighted by Crippen LogP contribution is 2.19. The molecule has 23 heavy (non-hydrogen) atoms. The fraction of sp³-hybridized carbons (Fsp3) is 0.688. The van der Waals surface area contributed by atoms with Crippen LogP contribution in [0.1, 0.15) is 26.7 Å². The average Bonchev–Trinajstić information content (AvgIpc) is 2.58. The Kier molecular flexibility index (Phi) is 7.74. The number of amides is 1. The number of esters is 2. The first-order valence-corrected chi connectivity index (χ1v) is 7.70. The molecule has 1 fully saturated rings. The van der Waals surface area contributed by atoms with E-state index in [9.17, 15) is 14.4 Å². The van der Waals surface area contributed by atoms with Gasteiger partial charge in [-0.1, -0.05) is 6.08 Å². The Balaban J connectivity index is 2.44. The van der Waals surface area contributed by atoms with Crippen LogP contribution in [0.5, 0.6) is 0 Å². The normalized spacial score (nSPS) is 18.0. The molecular weight excluding hydrogens is 302 g/mol. The largest absolute Gasteiger partial charge is 0.469 e. The Morgan fingerprint density at radius 2 is 1.83 bits per heavy atom. The smallest absolute Gasteiger partial charge is 0.335 e. The van der Waals surface area contributed by atoms with E-state index in [1.54, 1.807) is 11.8 Å². The number of hydrogen-bond acceptors (Lipinski definition) is 6. The average molecular weight is 327 g/mol. The lowest BCUT2D eigenvalue weighted by atomic mass is 9.97. The van der Waals surface area contributed by atoms with Crippen LogP contribution in [-0.2, 0) is 28.6 Å². The molecule has 0 N–H and O–H groups in total. The zero-order valence-corrected chi connectivity index (χ0v) is 13.9. The van der Waals surface area contributed by atoms with Gasteiger partial charge in [0.1, 0.15) is 0 Å². The Hall–Kier alpha value is -1.89. The van der Waals surface area contributed by atoms with Gasteiger partial charge >= 0.3 is 11.9 Å². The molecule has 0 aromatic carbocycles. The second kappa shape index (κ2) is 9.29. The molecule has 0 spiro atoms. The molecule has 7 heteroatoms. The summed E-state index contributed by atoms with van der Waals surface area (Å²) in [6.45, 7) is 7.72. The first-order valence-electron chi connectivity index (χ1n) is 7.70. The van der Waals surface area contributed by atoms with Gasteiger partial charge in [0.25, 0.3) is 5.91 Å². The highest BCUT2D eigenvalue weighted by molar-refractivity contribution is 5.84. The van der Waals surface area contributed by atoms with Crippen molar-refractivity contribution in [3.05, 3.63) is 12.7 Å². The molecule has 0 aromatic rings. The van der Waals surface area contributed by atoms with Gasteiger partial charge in [0, 0.05) is 13.1 Å². The van der Waals surface area contributed by atoms with Gasteiger partial charge in [0.05, 0.1) is 19.6 Å². The molecule has 0 radical (unpaired) electrons. The molecular formula is C16H25NO6. The van der Waals surface area contributed by atoms with Crippen LogP contribution in [0.4, 0.5) is 0 Å². The predicted octanol–water partition coefficient (Wildman–Crippen LogP) is 0.921. The van der Waals surface area contributed by atoms with Crippen LogP contribution in [-0.4, -0.2) is 61.8 Å². The summed E-state index contributed by atoms with van der Waals surface area (Å²) in [6.07, 6.45) is 1.000. The third-order valence-corrected chi connectivity index (χ3v) is 3.78. The van der Waals surface area contributed by atoms with Crippen molar-refractivity contribution in [3.63, 3.8) is 0 Å². The van der Waals surface area contributed by atoms with Crippen LogP contribution in [0.2, 0.25) is 0 Å². The standard InChI is InChI=1S/C16H25NO6/c1-5-10-22-12(3)15(19)23-11(2)14(18)17-8-6-13(7-9-17)16(20)21-4/h5,11-13H,1,6-10H2,2-4H3. The molecule has 0 saturated carbocycles. The maximum atomic E-state index is 12.3. The minimum absolute atomic E-state index is 0.172. The summed E-state index contributed by atoms with van der Waals surface area (Å²) >= 11 is 0. The van der Waals surface area contributed by atoms with E-state index in [1.807, 2.05) is 0 Å². The topological polar surface area (TPSA) is 82.1 Å². The van der Waals surface area contributed by atoms with E-state index in [2.05, 4.69) is 6.58 Å².